The molecule has 1 saturated carbocycles. The molecule has 2 amide bonds. The zero-order chi connectivity index (χ0) is 17.8. The number of carbonyl (C=O) groups is 2. The number of rotatable bonds is 8. The van der Waals surface area contributed by atoms with Gasteiger partial charge in [0, 0.05) is 44.6 Å². The van der Waals surface area contributed by atoms with Crippen LogP contribution in [0.15, 0.2) is 0 Å². The summed E-state index contributed by atoms with van der Waals surface area (Å²) in [4.78, 5) is 23.2. The van der Waals surface area contributed by atoms with Gasteiger partial charge in [0.25, 0.3) is 5.91 Å². The van der Waals surface area contributed by atoms with E-state index < -0.39 is 29.5 Å². The molecule has 0 aromatic heterocycles. The molecule has 9 heteroatoms. The Bertz CT molecular complexity index is 476. The number of ether oxygens (including phenoxy) is 1. The second kappa shape index (κ2) is 7.28. The molecule has 1 aliphatic heterocycles. The van der Waals surface area contributed by atoms with Crippen LogP contribution in [0.2, 0.25) is 0 Å². The molecule has 2 rings (SSSR count). The SMILES string of the molecule is O=C(CC1(O)CCOCC1)NCC1(CNC(=O)C(F)(F)CO)CC1. The van der Waals surface area contributed by atoms with Gasteiger partial charge < -0.3 is 25.6 Å². The number of hydrogen-bond donors (Lipinski definition) is 4. The van der Waals surface area contributed by atoms with Gasteiger partial charge in [0.05, 0.1) is 12.0 Å². The Kier molecular flexibility index (Phi) is 5.77. The topological polar surface area (TPSA) is 108 Å². The smallest absolute Gasteiger partial charge is 0.346 e. The highest BCUT2D eigenvalue weighted by molar-refractivity contribution is 5.83. The van der Waals surface area contributed by atoms with Crippen molar-refractivity contribution in [2.45, 2.75) is 43.6 Å². The number of aliphatic hydroxyl groups is 2. The molecule has 1 saturated heterocycles. The van der Waals surface area contributed by atoms with E-state index in [0.29, 0.717) is 38.9 Å². The quantitative estimate of drug-likeness (QED) is 0.475. The maximum Gasteiger partial charge on any atom is 0.346 e. The average molecular weight is 350 g/mol. The van der Waals surface area contributed by atoms with Crippen LogP contribution in [0, 0.1) is 5.41 Å². The summed E-state index contributed by atoms with van der Waals surface area (Å²) in [6.45, 7) is -0.439. The van der Waals surface area contributed by atoms with Crippen molar-refractivity contribution in [2.75, 3.05) is 32.9 Å². The Morgan fingerprint density at radius 1 is 1.08 bits per heavy atom. The van der Waals surface area contributed by atoms with E-state index in [2.05, 4.69) is 10.6 Å². The normalized spacial score (nSPS) is 21.8. The number of aliphatic hydroxyl groups excluding tert-OH is 1. The molecule has 4 N–H and O–H groups in total. The fraction of sp³-hybridized carbons (Fsp3) is 0.867. The molecule has 0 aromatic carbocycles. The minimum Gasteiger partial charge on any atom is -0.390 e. The predicted molar refractivity (Wildman–Crippen MR) is 79.3 cm³/mol. The minimum absolute atomic E-state index is 0.0137. The average Bonchev–Trinajstić information content (AvgIpc) is 3.31. The Labute approximate surface area is 138 Å². The summed E-state index contributed by atoms with van der Waals surface area (Å²) in [5.41, 5.74) is -1.48. The predicted octanol–water partition coefficient (Wildman–Crippen LogP) is -0.442. The highest BCUT2D eigenvalue weighted by Crippen LogP contribution is 2.44. The molecular formula is C15H24F2N2O5. The van der Waals surface area contributed by atoms with Crippen LogP contribution in [0.3, 0.4) is 0 Å². The van der Waals surface area contributed by atoms with Crippen LogP contribution in [0.1, 0.15) is 32.1 Å². The Morgan fingerprint density at radius 2 is 1.67 bits per heavy atom. The van der Waals surface area contributed by atoms with Gasteiger partial charge in [0.1, 0.15) is 6.61 Å². The van der Waals surface area contributed by atoms with Gasteiger partial charge in [0.2, 0.25) is 5.91 Å². The fourth-order valence-corrected chi connectivity index (χ4v) is 2.64. The summed E-state index contributed by atoms with van der Waals surface area (Å²) in [6, 6.07) is 0. The number of alkyl halides is 2. The number of nitrogens with one attached hydrogen (secondary N) is 2. The van der Waals surface area contributed by atoms with Crippen LogP contribution in [0.4, 0.5) is 8.78 Å². The van der Waals surface area contributed by atoms with Gasteiger partial charge in [-0.25, -0.2) is 0 Å². The van der Waals surface area contributed by atoms with Crippen LogP contribution in [-0.4, -0.2) is 66.5 Å². The van der Waals surface area contributed by atoms with Crippen LogP contribution < -0.4 is 10.6 Å². The van der Waals surface area contributed by atoms with E-state index in [4.69, 9.17) is 9.84 Å². The van der Waals surface area contributed by atoms with Gasteiger partial charge in [-0.15, -0.1) is 0 Å². The highest BCUT2D eigenvalue weighted by Gasteiger charge is 2.45. The summed E-state index contributed by atoms with van der Waals surface area (Å²) in [6.07, 6.45) is 2.18. The largest absolute Gasteiger partial charge is 0.390 e. The van der Waals surface area contributed by atoms with Gasteiger partial charge in [-0.2, -0.15) is 8.78 Å². The number of amides is 2. The summed E-state index contributed by atoms with van der Waals surface area (Å²) in [5.74, 6) is -5.62. The molecule has 0 bridgehead atoms. The minimum atomic E-state index is -3.80. The molecule has 0 spiro atoms. The second-order valence-corrected chi connectivity index (χ2v) is 6.84. The summed E-state index contributed by atoms with van der Waals surface area (Å²) >= 11 is 0. The highest BCUT2D eigenvalue weighted by atomic mass is 19.3. The van der Waals surface area contributed by atoms with Gasteiger partial charge in [-0.3, -0.25) is 9.59 Å². The molecule has 0 aromatic rings. The molecule has 2 aliphatic rings. The summed E-state index contributed by atoms with van der Waals surface area (Å²) in [7, 11) is 0. The lowest BCUT2D eigenvalue weighted by molar-refractivity contribution is -0.151. The molecule has 2 fully saturated rings. The van der Waals surface area contributed by atoms with Crippen LogP contribution >= 0.6 is 0 Å². The Morgan fingerprint density at radius 3 is 2.21 bits per heavy atom. The van der Waals surface area contributed by atoms with E-state index in [1.165, 1.54) is 0 Å². The number of hydrogen-bond acceptors (Lipinski definition) is 5. The first kappa shape index (κ1) is 19.0. The third-order valence-electron chi connectivity index (χ3n) is 4.69. The van der Waals surface area contributed by atoms with E-state index in [1.54, 1.807) is 0 Å². The standard InChI is InChI=1S/C15H24F2N2O5/c16-15(17,10-20)12(22)19-9-13(1-2-13)8-18-11(21)7-14(23)3-5-24-6-4-14/h20,23H,1-10H2,(H,18,21)(H,19,22). The van der Waals surface area contributed by atoms with Crippen molar-refractivity contribution in [1.29, 1.82) is 0 Å². The lowest BCUT2D eigenvalue weighted by Crippen LogP contribution is -2.47. The molecule has 0 unspecified atom stereocenters. The van der Waals surface area contributed by atoms with Gasteiger partial charge in [-0.1, -0.05) is 0 Å². The molecule has 24 heavy (non-hydrogen) atoms. The van der Waals surface area contributed by atoms with Crippen molar-refractivity contribution in [3.05, 3.63) is 0 Å². The fourth-order valence-electron chi connectivity index (χ4n) is 2.64. The Balaban J connectivity index is 1.73. The maximum absolute atomic E-state index is 13.0. The van der Waals surface area contributed by atoms with E-state index in [-0.39, 0.29) is 25.4 Å². The molecular weight excluding hydrogens is 326 g/mol. The van der Waals surface area contributed by atoms with E-state index >= 15 is 0 Å². The van der Waals surface area contributed by atoms with Crippen molar-refractivity contribution >= 4 is 11.8 Å². The second-order valence-electron chi connectivity index (χ2n) is 6.84. The summed E-state index contributed by atoms with van der Waals surface area (Å²) in [5, 5.41) is 23.6. The molecule has 0 radical (unpaired) electrons. The van der Waals surface area contributed by atoms with E-state index in [0.717, 1.165) is 0 Å². The molecule has 1 heterocycles. The third-order valence-corrected chi connectivity index (χ3v) is 4.69. The van der Waals surface area contributed by atoms with Crippen LogP contribution in [0.25, 0.3) is 0 Å². The van der Waals surface area contributed by atoms with E-state index in [9.17, 15) is 23.5 Å². The van der Waals surface area contributed by atoms with Crippen molar-refractivity contribution in [1.82, 2.24) is 10.6 Å². The van der Waals surface area contributed by atoms with Crippen LogP contribution in [-0.2, 0) is 14.3 Å². The van der Waals surface area contributed by atoms with Crippen LogP contribution in [0.5, 0.6) is 0 Å². The molecule has 138 valence electrons. The van der Waals surface area contributed by atoms with Crippen molar-refractivity contribution < 1.29 is 33.3 Å². The van der Waals surface area contributed by atoms with E-state index in [1.807, 2.05) is 0 Å². The van der Waals surface area contributed by atoms with Gasteiger partial charge >= 0.3 is 5.92 Å². The van der Waals surface area contributed by atoms with Crippen molar-refractivity contribution in [3.8, 4) is 0 Å². The number of carbonyl (C=O) groups excluding carboxylic acids is 2. The van der Waals surface area contributed by atoms with Gasteiger partial charge in [0.15, 0.2) is 0 Å². The lowest BCUT2D eigenvalue weighted by atomic mass is 9.90. The first-order valence-electron chi connectivity index (χ1n) is 8.04. The zero-order valence-corrected chi connectivity index (χ0v) is 13.4. The molecule has 7 nitrogen and oxygen atoms in total. The maximum atomic E-state index is 13.0. The first-order valence-corrected chi connectivity index (χ1v) is 8.04. The third kappa shape index (κ3) is 5.09. The van der Waals surface area contributed by atoms with Crippen molar-refractivity contribution in [3.63, 3.8) is 0 Å². The Hall–Kier alpha value is -1.32. The van der Waals surface area contributed by atoms with Crippen molar-refractivity contribution in [2.24, 2.45) is 5.41 Å². The summed E-state index contributed by atoms with van der Waals surface area (Å²) < 4.78 is 31.1. The number of halogens is 2. The molecule has 1 aliphatic carbocycles. The van der Waals surface area contributed by atoms with Gasteiger partial charge in [-0.05, 0) is 12.8 Å². The zero-order valence-electron chi connectivity index (χ0n) is 13.4. The molecule has 0 atom stereocenters. The lowest BCUT2D eigenvalue weighted by Gasteiger charge is -2.31. The first-order chi connectivity index (χ1) is 11.2. The monoisotopic (exact) mass is 350 g/mol.